The van der Waals surface area contributed by atoms with Gasteiger partial charge in [-0.1, -0.05) is 0 Å². The van der Waals surface area contributed by atoms with Crippen LogP contribution in [0.1, 0.15) is 12.5 Å². The van der Waals surface area contributed by atoms with Gasteiger partial charge in [-0.15, -0.1) is 0 Å². The Morgan fingerprint density at radius 1 is 1.14 bits per heavy atom. The molecule has 0 saturated carbocycles. The first kappa shape index (κ1) is 18.0. The van der Waals surface area contributed by atoms with Crippen LogP contribution in [0.15, 0.2) is 24.3 Å². The lowest BCUT2D eigenvalue weighted by Gasteiger charge is -2.11. The van der Waals surface area contributed by atoms with Crippen molar-refractivity contribution in [1.29, 1.82) is 0 Å². The van der Waals surface area contributed by atoms with E-state index in [-0.39, 0.29) is 6.79 Å². The monoisotopic (exact) mass is 310 g/mol. The zero-order valence-electron chi connectivity index (χ0n) is 13.2. The van der Waals surface area contributed by atoms with Crippen molar-refractivity contribution in [3.05, 3.63) is 29.8 Å². The smallest absolute Gasteiger partial charge is 0.330 e. The maximum Gasteiger partial charge on any atom is 0.330 e. The van der Waals surface area contributed by atoms with Crippen LogP contribution in [-0.4, -0.2) is 46.8 Å². The van der Waals surface area contributed by atoms with Gasteiger partial charge in [0.2, 0.25) is 0 Å². The van der Waals surface area contributed by atoms with Crippen molar-refractivity contribution in [3.8, 4) is 11.5 Å². The van der Waals surface area contributed by atoms with Gasteiger partial charge < -0.3 is 23.7 Å². The molecule has 22 heavy (non-hydrogen) atoms. The number of ether oxygens (including phenoxy) is 5. The van der Waals surface area contributed by atoms with Crippen LogP contribution in [0.4, 0.5) is 0 Å². The van der Waals surface area contributed by atoms with Crippen LogP contribution in [0.3, 0.4) is 0 Å². The Balaban J connectivity index is 2.83. The van der Waals surface area contributed by atoms with Gasteiger partial charge >= 0.3 is 5.97 Å². The molecule has 0 aliphatic heterocycles. The molecule has 0 amide bonds. The first-order valence-electron chi connectivity index (χ1n) is 6.93. The molecular weight excluding hydrogens is 288 g/mol. The van der Waals surface area contributed by atoms with Gasteiger partial charge in [0, 0.05) is 31.9 Å². The largest absolute Gasteiger partial charge is 0.491 e. The van der Waals surface area contributed by atoms with Crippen LogP contribution in [-0.2, 0) is 19.0 Å². The highest BCUT2D eigenvalue weighted by atomic mass is 16.7. The fourth-order valence-corrected chi connectivity index (χ4v) is 1.58. The van der Waals surface area contributed by atoms with E-state index in [0.717, 1.165) is 5.56 Å². The number of hydrogen-bond acceptors (Lipinski definition) is 6. The van der Waals surface area contributed by atoms with E-state index in [4.69, 9.17) is 23.7 Å². The normalized spacial score (nSPS) is 10.7. The second-order valence-corrected chi connectivity index (χ2v) is 4.18. The minimum Gasteiger partial charge on any atom is -0.491 e. The van der Waals surface area contributed by atoms with Crippen molar-refractivity contribution < 1.29 is 28.5 Å². The van der Waals surface area contributed by atoms with Gasteiger partial charge in [-0.2, -0.15) is 0 Å². The van der Waals surface area contributed by atoms with Gasteiger partial charge in [0.1, 0.15) is 18.1 Å². The molecule has 6 nitrogen and oxygen atoms in total. The minimum atomic E-state index is -0.402. The van der Waals surface area contributed by atoms with Crippen LogP contribution < -0.4 is 9.47 Å². The summed E-state index contributed by atoms with van der Waals surface area (Å²) in [5, 5.41) is 0. The molecule has 0 bridgehead atoms. The Hall–Kier alpha value is -2.05. The van der Waals surface area contributed by atoms with Gasteiger partial charge in [-0.3, -0.25) is 0 Å². The highest BCUT2D eigenvalue weighted by Gasteiger charge is 2.05. The summed E-state index contributed by atoms with van der Waals surface area (Å²) in [5.41, 5.74) is 0.726. The molecule has 0 heterocycles. The third kappa shape index (κ3) is 6.60. The predicted octanol–water partition coefficient (Wildman–Crippen LogP) is 2.27. The summed E-state index contributed by atoms with van der Waals surface area (Å²) in [6, 6.07) is 5.32. The molecule has 6 heteroatoms. The van der Waals surface area contributed by atoms with Gasteiger partial charge in [0.15, 0.2) is 6.79 Å². The second kappa shape index (κ2) is 10.6. The highest BCUT2D eigenvalue weighted by molar-refractivity contribution is 5.87. The van der Waals surface area contributed by atoms with Gasteiger partial charge in [0.25, 0.3) is 0 Å². The lowest BCUT2D eigenvalue weighted by atomic mass is 10.1. The van der Waals surface area contributed by atoms with Crippen LogP contribution >= 0.6 is 0 Å². The highest BCUT2D eigenvalue weighted by Crippen LogP contribution is 2.26. The Morgan fingerprint density at radius 2 is 1.95 bits per heavy atom. The van der Waals surface area contributed by atoms with Gasteiger partial charge in [-0.25, -0.2) is 4.79 Å². The molecule has 0 saturated heterocycles. The van der Waals surface area contributed by atoms with Crippen LogP contribution in [0.2, 0.25) is 0 Å². The van der Waals surface area contributed by atoms with E-state index in [1.807, 2.05) is 0 Å². The molecule has 0 spiro atoms. The number of methoxy groups -OCH3 is 2. The number of benzene rings is 1. The standard InChI is InChI=1S/C16H22O6/c1-4-20-16(17)8-6-13-5-7-14(21-10-9-18-2)11-15(13)22-12-19-3/h5-8,11H,4,9-10,12H2,1-3H3/b8-6+. The van der Waals surface area contributed by atoms with Crippen molar-refractivity contribution in [3.63, 3.8) is 0 Å². The van der Waals surface area contributed by atoms with Gasteiger partial charge in [-0.05, 0) is 25.1 Å². The third-order valence-electron chi connectivity index (χ3n) is 2.56. The first-order valence-corrected chi connectivity index (χ1v) is 6.93. The van der Waals surface area contributed by atoms with Crippen molar-refractivity contribution >= 4 is 12.0 Å². The Labute approximate surface area is 130 Å². The summed E-state index contributed by atoms with van der Waals surface area (Å²) in [4.78, 5) is 11.4. The average Bonchev–Trinajstić information content (AvgIpc) is 2.52. The van der Waals surface area contributed by atoms with E-state index in [1.165, 1.54) is 13.2 Å². The summed E-state index contributed by atoms with van der Waals surface area (Å²) in [6.07, 6.45) is 2.98. The fraction of sp³-hybridized carbons (Fsp3) is 0.438. The van der Waals surface area contributed by atoms with E-state index in [1.54, 1.807) is 38.3 Å². The van der Waals surface area contributed by atoms with Crippen molar-refractivity contribution in [1.82, 2.24) is 0 Å². The number of carbonyl (C=O) groups is 1. The zero-order chi connectivity index (χ0) is 16.2. The lowest BCUT2D eigenvalue weighted by Crippen LogP contribution is -2.05. The van der Waals surface area contributed by atoms with E-state index >= 15 is 0 Å². The Bertz CT molecular complexity index is 484. The van der Waals surface area contributed by atoms with Crippen LogP contribution in [0.25, 0.3) is 6.08 Å². The number of carbonyl (C=O) groups excluding carboxylic acids is 1. The Morgan fingerprint density at radius 3 is 2.64 bits per heavy atom. The molecule has 0 unspecified atom stereocenters. The summed E-state index contributed by atoms with van der Waals surface area (Å²) in [7, 11) is 3.15. The molecule has 122 valence electrons. The van der Waals surface area contributed by atoms with Gasteiger partial charge in [0.05, 0.1) is 13.2 Å². The quantitative estimate of drug-likeness (QED) is 0.286. The first-order chi connectivity index (χ1) is 10.7. The predicted molar refractivity (Wildman–Crippen MR) is 82.0 cm³/mol. The molecule has 1 rings (SSSR count). The minimum absolute atomic E-state index is 0.0990. The van der Waals surface area contributed by atoms with E-state index < -0.39 is 5.97 Å². The topological polar surface area (TPSA) is 63.2 Å². The molecule has 0 N–H and O–H groups in total. The molecular formula is C16H22O6. The molecule has 0 aliphatic rings. The molecule has 0 aromatic heterocycles. The molecule has 0 fully saturated rings. The Kier molecular flexibility index (Phi) is 8.71. The molecule has 0 atom stereocenters. The molecule has 1 aromatic carbocycles. The third-order valence-corrected chi connectivity index (χ3v) is 2.56. The number of hydrogen-bond donors (Lipinski definition) is 0. The maximum atomic E-state index is 11.4. The summed E-state index contributed by atoms with van der Waals surface area (Å²) >= 11 is 0. The fourth-order valence-electron chi connectivity index (χ4n) is 1.58. The summed E-state index contributed by atoms with van der Waals surface area (Å²) in [5.74, 6) is 0.800. The average molecular weight is 310 g/mol. The van der Waals surface area contributed by atoms with E-state index in [9.17, 15) is 4.79 Å². The van der Waals surface area contributed by atoms with Crippen molar-refractivity contribution in [2.45, 2.75) is 6.92 Å². The van der Waals surface area contributed by atoms with Crippen LogP contribution in [0, 0.1) is 0 Å². The summed E-state index contributed by atoms with van der Waals surface area (Å²) < 4.78 is 25.7. The van der Waals surface area contributed by atoms with Crippen LogP contribution in [0.5, 0.6) is 11.5 Å². The molecule has 0 radical (unpaired) electrons. The molecule has 1 aromatic rings. The van der Waals surface area contributed by atoms with Crippen molar-refractivity contribution in [2.24, 2.45) is 0 Å². The maximum absolute atomic E-state index is 11.4. The molecule has 0 aliphatic carbocycles. The van der Waals surface area contributed by atoms with E-state index in [2.05, 4.69) is 0 Å². The number of esters is 1. The SMILES string of the molecule is CCOC(=O)/C=C/c1ccc(OCCOC)cc1OCOC. The van der Waals surface area contributed by atoms with Crippen molar-refractivity contribution in [2.75, 3.05) is 40.8 Å². The number of rotatable bonds is 10. The zero-order valence-corrected chi connectivity index (χ0v) is 13.2. The summed E-state index contributed by atoms with van der Waals surface area (Å²) in [6.45, 7) is 3.13. The second-order valence-electron chi connectivity index (χ2n) is 4.18. The lowest BCUT2D eigenvalue weighted by molar-refractivity contribution is -0.137. The van der Waals surface area contributed by atoms with E-state index in [0.29, 0.717) is 31.3 Å².